The van der Waals surface area contributed by atoms with Gasteiger partial charge in [0.2, 0.25) is 5.91 Å². The van der Waals surface area contributed by atoms with E-state index < -0.39 is 0 Å². The molecule has 4 rings (SSSR count). The van der Waals surface area contributed by atoms with Crippen molar-refractivity contribution in [3.05, 3.63) is 58.7 Å². The number of halogens is 1. The number of hydrogen-bond acceptors (Lipinski definition) is 7. The molecule has 0 saturated carbocycles. The summed E-state index contributed by atoms with van der Waals surface area (Å²) in [7, 11) is 0. The van der Waals surface area contributed by atoms with Crippen LogP contribution in [0, 0.1) is 11.8 Å². The zero-order valence-corrected chi connectivity index (χ0v) is 22.2. The lowest BCUT2D eigenvalue weighted by Crippen LogP contribution is -2.46. The van der Waals surface area contributed by atoms with E-state index in [9.17, 15) is 9.59 Å². The van der Waals surface area contributed by atoms with Crippen molar-refractivity contribution in [3.8, 4) is 0 Å². The Morgan fingerprint density at radius 1 is 1.05 bits per heavy atom. The van der Waals surface area contributed by atoms with Gasteiger partial charge in [-0.15, -0.1) is 0 Å². The minimum atomic E-state index is -0.314. The number of esters is 1. The molecule has 37 heavy (non-hydrogen) atoms. The number of amides is 1. The highest BCUT2D eigenvalue weighted by Crippen LogP contribution is 2.35. The number of piperidine rings is 2. The summed E-state index contributed by atoms with van der Waals surface area (Å²) in [5, 5.41) is 0.679. The van der Waals surface area contributed by atoms with E-state index >= 15 is 0 Å². The number of pyridine rings is 1. The van der Waals surface area contributed by atoms with Crippen molar-refractivity contribution in [2.75, 3.05) is 45.1 Å². The molecular weight excluding hydrogens is 492 g/mol. The third kappa shape index (κ3) is 7.90. The zero-order valence-electron chi connectivity index (χ0n) is 21.5. The summed E-state index contributed by atoms with van der Waals surface area (Å²) in [4.78, 5) is 32.9. The van der Waals surface area contributed by atoms with E-state index in [4.69, 9.17) is 26.8 Å². The number of benzene rings is 1. The fraction of sp³-hybridized carbons (Fsp3) is 0.536. The Hall–Kier alpha value is -2.68. The third-order valence-corrected chi connectivity index (χ3v) is 7.60. The predicted octanol–water partition coefficient (Wildman–Crippen LogP) is 4.09. The highest BCUT2D eigenvalue weighted by Gasteiger charge is 2.34. The molecule has 0 radical (unpaired) electrons. The maximum atomic E-state index is 13.3. The standard InChI is InChI=1S/C28H37ClN4O4/c1-20(34)36-16-17-37-27(22-2-4-25(29)5-3-22)23-9-14-33(15-10-23)28(35)24-7-12-32(13-8-24)19-21-6-11-31-26(30)18-21/h2-6,11,18,23-24,27H,7-10,12-17,19H2,1H3,(H2,30,31). The molecule has 8 nitrogen and oxygen atoms in total. The number of nitrogens with two attached hydrogens (primary N) is 1. The molecule has 2 aliphatic heterocycles. The normalized spacial score (nSPS) is 18.5. The highest BCUT2D eigenvalue weighted by atomic mass is 35.5. The van der Waals surface area contributed by atoms with Gasteiger partial charge in [0.05, 0.1) is 12.7 Å². The molecule has 1 aromatic heterocycles. The summed E-state index contributed by atoms with van der Waals surface area (Å²) in [6, 6.07) is 11.6. The highest BCUT2D eigenvalue weighted by molar-refractivity contribution is 6.30. The minimum absolute atomic E-state index is 0.0855. The number of carbonyl (C=O) groups excluding carboxylic acids is 2. The zero-order chi connectivity index (χ0) is 26.2. The van der Waals surface area contributed by atoms with Gasteiger partial charge in [-0.3, -0.25) is 14.5 Å². The Bertz CT molecular complexity index is 1030. The average molecular weight is 529 g/mol. The summed E-state index contributed by atoms with van der Waals surface area (Å²) in [6.45, 7) is 6.07. The molecule has 1 atom stereocenters. The molecule has 1 amide bonds. The van der Waals surface area contributed by atoms with Crippen molar-refractivity contribution >= 4 is 29.3 Å². The Balaban J connectivity index is 1.27. The van der Waals surface area contributed by atoms with E-state index in [1.54, 1.807) is 6.20 Å². The van der Waals surface area contributed by atoms with Crippen LogP contribution in [-0.2, 0) is 25.6 Å². The molecule has 0 aliphatic carbocycles. The summed E-state index contributed by atoms with van der Waals surface area (Å²) >= 11 is 6.09. The Morgan fingerprint density at radius 2 is 1.76 bits per heavy atom. The number of rotatable bonds is 9. The average Bonchev–Trinajstić information content (AvgIpc) is 2.90. The molecular formula is C28H37ClN4O4. The van der Waals surface area contributed by atoms with Crippen LogP contribution < -0.4 is 5.73 Å². The number of ether oxygens (including phenoxy) is 2. The van der Waals surface area contributed by atoms with Crippen LogP contribution in [0.3, 0.4) is 0 Å². The van der Waals surface area contributed by atoms with Gasteiger partial charge in [-0.2, -0.15) is 0 Å². The van der Waals surface area contributed by atoms with Gasteiger partial charge in [0.1, 0.15) is 12.4 Å². The Labute approximate surface area is 224 Å². The second kappa shape index (κ2) is 13.2. The SMILES string of the molecule is CC(=O)OCCOC(c1ccc(Cl)cc1)C1CCN(C(=O)C2CCN(Cc3ccnc(N)c3)CC2)CC1. The van der Waals surface area contributed by atoms with Crippen LogP contribution in [0.2, 0.25) is 5.02 Å². The van der Waals surface area contributed by atoms with Crippen LogP contribution in [0.4, 0.5) is 5.82 Å². The minimum Gasteiger partial charge on any atom is -0.463 e. The first-order valence-electron chi connectivity index (χ1n) is 13.1. The second-order valence-corrected chi connectivity index (χ2v) is 10.4. The summed E-state index contributed by atoms with van der Waals surface area (Å²) in [5.74, 6) is 0.870. The van der Waals surface area contributed by atoms with Gasteiger partial charge in [-0.05, 0) is 80.1 Å². The molecule has 1 aromatic carbocycles. The molecule has 9 heteroatoms. The van der Waals surface area contributed by atoms with Gasteiger partial charge in [0.25, 0.3) is 0 Å². The van der Waals surface area contributed by atoms with E-state index in [1.807, 2.05) is 41.3 Å². The number of nitrogens with zero attached hydrogens (tertiary/aromatic N) is 3. The molecule has 0 bridgehead atoms. The van der Waals surface area contributed by atoms with Crippen LogP contribution in [0.15, 0.2) is 42.6 Å². The first-order valence-corrected chi connectivity index (χ1v) is 13.5. The van der Waals surface area contributed by atoms with Crippen LogP contribution >= 0.6 is 11.6 Å². The molecule has 2 aromatic rings. The molecule has 2 fully saturated rings. The van der Waals surface area contributed by atoms with Crippen LogP contribution in [0.25, 0.3) is 0 Å². The molecule has 1 unspecified atom stereocenters. The molecule has 2 saturated heterocycles. The van der Waals surface area contributed by atoms with Gasteiger partial charge in [0, 0.05) is 43.7 Å². The second-order valence-electron chi connectivity index (χ2n) is 9.99. The lowest BCUT2D eigenvalue weighted by atomic mass is 9.86. The van der Waals surface area contributed by atoms with Crippen molar-refractivity contribution in [3.63, 3.8) is 0 Å². The molecule has 3 heterocycles. The van der Waals surface area contributed by atoms with Crippen LogP contribution in [-0.4, -0.2) is 66.1 Å². The van der Waals surface area contributed by atoms with Crippen molar-refractivity contribution < 1.29 is 19.1 Å². The number of aromatic nitrogens is 1. The fourth-order valence-corrected chi connectivity index (χ4v) is 5.51. The first-order chi connectivity index (χ1) is 17.9. The number of hydrogen-bond donors (Lipinski definition) is 1. The molecule has 2 N–H and O–H groups in total. The maximum Gasteiger partial charge on any atom is 0.302 e. The lowest BCUT2D eigenvalue weighted by molar-refractivity contribution is -0.144. The Kier molecular flexibility index (Phi) is 9.77. The number of carbonyl (C=O) groups is 2. The molecule has 200 valence electrons. The van der Waals surface area contributed by atoms with E-state index in [2.05, 4.69) is 9.88 Å². The van der Waals surface area contributed by atoms with E-state index in [-0.39, 0.29) is 36.4 Å². The van der Waals surface area contributed by atoms with Crippen molar-refractivity contribution in [1.29, 1.82) is 0 Å². The topological polar surface area (TPSA) is 98.0 Å². The summed E-state index contributed by atoms with van der Waals surface area (Å²) in [5.41, 5.74) is 8.02. The van der Waals surface area contributed by atoms with E-state index in [1.165, 1.54) is 6.92 Å². The largest absolute Gasteiger partial charge is 0.463 e. The first kappa shape index (κ1) is 27.4. The van der Waals surface area contributed by atoms with Gasteiger partial charge >= 0.3 is 5.97 Å². The smallest absolute Gasteiger partial charge is 0.302 e. The third-order valence-electron chi connectivity index (χ3n) is 7.35. The maximum absolute atomic E-state index is 13.3. The summed E-state index contributed by atoms with van der Waals surface area (Å²) in [6.07, 6.45) is 5.12. The van der Waals surface area contributed by atoms with E-state index in [0.717, 1.165) is 69.5 Å². The van der Waals surface area contributed by atoms with Crippen molar-refractivity contribution in [2.45, 2.75) is 45.3 Å². The summed E-state index contributed by atoms with van der Waals surface area (Å²) < 4.78 is 11.2. The Morgan fingerprint density at radius 3 is 2.41 bits per heavy atom. The number of likely N-dealkylation sites (tertiary alicyclic amines) is 2. The monoisotopic (exact) mass is 528 g/mol. The molecule has 2 aliphatic rings. The van der Waals surface area contributed by atoms with Gasteiger partial charge in [-0.25, -0.2) is 4.98 Å². The van der Waals surface area contributed by atoms with Gasteiger partial charge in [0.15, 0.2) is 0 Å². The van der Waals surface area contributed by atoms with Crippen molar-refractivity contribution in [1.82, 2.24) is 14.8 Å². The van der Waals surface area contributed by atoms with Crippen molar-refractivity contribution in [2.24, 2.45) is 11.8 Å². The van der Waals surface area contributed by atoms with E-state index in [0.29, 0.717) is 17.4 Å². The number of nitrogen functional groups attached to an aromatic ring is 1. The predicted molar refractivity (Wildman–Crippen MR) is 143 cm³/mol. The number of anilines is 1. The fourth-order valence-electron chi connectivity index (χ4n) is 5.39. The van der Waals surface area contributed by atoms with Gasteiger partial charge in [-0.1, -0.05) is 23.7 Å². The quantitative estimate of drug-likeness (QED) is 0.386. The van der Waals surface area contributed by atoms with Gasteiger partial charge < -0.3 is 20.1 Å². The van der Waals surface area contributed by atoms with Crippen LogP contribution in [0.5, 0.6) is 0 Å². The lowest BCUT2D eigenvalue weighted by Gasteiger charge is -2.39. The van der Waals surface area contributed by atoms with Crippen LogP contribution in [0.1, 0.15) is 49.8 Å². The molecule has 0 spiro atoms.